The zero-order valence-corrected chi connectivity index (χ0v) is 21.4. The summed E-state index contributed by atoms with van der Waals surface area (Å²) in [6, 6.07) is 15.6. The average Bonchev–Trinajstić information content (AvgIpc) is 3.56. The number of aromatic nitrogens is 3. The van der Waals surface area contributed by atoms with Crippen molar-refractivity contribution in [2.75, 3.05) is 13.1 Å². The number of hydrogen-bond donors (Lipinski definition) is 1. The van der Waals surface area contributed by atoms with E-state index in [0.717, 1.165) is 11.3 Å². The van der Waals surface area contributed by atoms with E-state index in [0.29, 0.717) is 30.0 Å². The third-order valence-corrected chi connectivity index (χ3v) is 7.78. The Morgan fingerprint density at radius 1 is 1.16 bits per heavy atom. The topological polar surface area (TPSA) is 88.3 Å². The van der Waals surface area contributed by atoms with E-state index in [1.54, 1.807) is 18.2 Å². The van der Waals surface area contributed by atoms with Crippen molar-refractivity contribution < 1.29 is 14.3 Å². The molecule has 0 radical (unpaired) electrons. The molecule has 5 rings (SSSR count). The fraction of sp³-hybridized carbons (Fsp3) is 0.286. The third kappa shape index (κ3) is 4.67. The van der Waals surface area contributed by atoms with Gasteiger partial charge in [0.15, 0.2) is 16.4 Å². The quantitative estimate of drug-likeness (QED) is 0.381. The van der Waals surface area contributed by atoms with Crippen LogP contribution in [-0.4, -0.2) is 43.5 Å². The Balaban J connectivity index is 1.59. The molecule has 190 valence electrons. The van der Waals surface area contributed by atoms with E-state index >= 15 is 0 Å². The molecule has 0 saturated carbocycles. The highest BCUT2D eigenvalue weighted by atomic mass is 32.1. The van der Waals surface area contributed by atoms with Gasteiger partial charge in [-0.15, -0.1) is 11.3 Å². The first kappa shape index (κ1) is 24.8. The van der Waals surface area contributed by atoms with E-state index in [9.17, 15) is 19.1 Å². The van der Waals surface area contributed by atoms with E-state index in [-0.39, 0.29) is 29.7 Å². The SMILES string of the molecule is CCC(c1ccccc1)n1c(-c2nc(C)cs2)nc(O)c(C(=O)N2CCC(c3ccccc3F)C2)c1=O. The molecule has 0 aliphatic carbocycles. The molecule has 1 aliphatic rings. The lowest BCUT2D eigenvalue weighted by molar-refractivity contribution is 0.0784. The van der Waals surface area contributed by atoms with Crippen molar-refractivity contribution in [2.24, 2.45) is 0 Å². The van der Waals surface area contributed by atoms with Crippen LogP contribution in [0.5, 0.6) is 5.88 Å². The van der Waals surface area contributed by atoms with Crippen LogP contribution in [0.4, 0.5) is 4.39 Å². The van der Waals surface area contributed by atoms with Gasteiger partial charge in [0.05, 0.1) is 6.04 Å². The number of aryl methyl sites for hydroxylation is 1. The summed E-state index contributed by atoms with van der Waals surface area (Å²) in [7, 11) is 0. The molecule has 2 aromatic heterocycles. The summed E-state index contributed by atoms with van der Waals surface area (Å²) in [5.41, 5.74) is 1.20. The highest BCUT2D eigenvalue weighted by Gasteiger charge is 2.34. The lowest BCUT2D eigenvalue weighted by Crippen LogP contribution is -2.38. The molecule has 37 heavy (non-hydrogen) atoms. The van der Waals surface area contributed by atoms with E-state index < -0.39 is 23.4 Å². The summed E-state index contributed by atoms with van der Waals surface area (Å²) in [5, 5.41) is 13.2. The molecule has 1 N–H and O–H groups in total. The van der Waals surface area contributed by atoms with Crippen molar-refractivity contribution in [1.29, 1.82) is 0 Å². The van der Waals surface area contributed by atoms with Crippen molar-refractivity contribution in [3.63, 3.8) is 0 Å². The van der Waals surface area contributed by atoms with Gasteiger partial charge in [-0.05, 0) is 37.0 Å². The minimum atomic E-state index is -0.620. The number of carbonyl (C=O) groups is 1. The molecular formula is C28H27FN4O3S. The van der Waals surface area contributed by atoms with Gasteiger partial charge >= 0.3 is 0 Å². The number of benzene rings is 2. The number of likely N-dealkylation sites (tertiary alicyclic amines) is 1. The normalized spacial score (nSPS) is 16.2. The smallest absolute Gasteiger partial charge is 0.271 e. The maximum absolute atomic E-state index is 14.4. The molecule has 1 aliphatic heterocycles. The Morgan fingerprint density at radius 2 is 1.89 bits per heavy atom. The van der Waals surface area contributed by atoms with Gasteiger partial charge in [-0.3, -0.25) is 14.2 Å². The Morgan fingerprint density at radius 3 is 2.57 bits per heavy atom. The molecule has 1 fully saturated rings. The first-order chi connectivity index (χ1) is 17.9. The maximum atomic E-state index is 14.4. The Bertz CT molecular complexity index is 1500. The molecule has 2 atom stereocenters. The van der Waals surface area contributed by atoms with Crippen LogP contribution >= 0.6 is 11.3 Å². The first-order valence-corrected chi connectivity index (χ1v) is 13.1. The minimum Gasteiger partial charge on any atom is -0.493 e. The standard InChI is InChI=1S/C28H27FN4O3S/c1-3-22(18-9-5-4-6-10-18)33-24(26-30-17(2)16-37-26)31-25(34)23(28(33)36)27(35)32-14-13-19(15-32)20-11-7-8-12-21(20)29/h4-12,16,19,22,34H,3,13-15H2,1-2H3. The lowest BCUT2D eigenvalue weighted by atomic mass is 9.98. The number of aromatic hydroxyl groups is 1. The highest BCUT2D eigenvalue weighted by molar-refractivity contribution is 7.13. The largest absolute Gasteiger partial charge is 0.493 e. The van der Waals surface area contributed by atoms with Crippen LogP contribution in [0.25, 0.3) is 10.8 Å². The molecule has 0 spiro atoms. The van der Waals surface area contributed by atoms with Crippen molar-refractivity contribution >= 4 is 17.2 Å². The van der Waals surface area contributed by atoms with Gasteiger partial charge in [-0.25, -0.2) is 9.37 Å². The van der Waals surface area contributed by atoms with Gasteiger partial charge in [-0.2, -0.15) is 4.98 Å². The fourth-order valence-corrected chi connectivity index (χ4v) is 5.79. The molecule has 2 unspecified atom stereocenters. The Kier molecular flexibility index (Phi) is 6.88. The van der Waals surface area contributed by atoms with Gasteiger partial charge in [-0.1, -0.05) is 55.5 Å². The Labute approximate surface area is 217 Å². The molecule has 7 nitrogen and oxygen atoms in total. The van der Waals surface area contributed by atoms with E-state index in [2.05, 4.69) is 9.97 Å². The van der Waals surface area contributed by atoms with Gasteiger partial charge in [0.2, 0.25) is 5.88 Å². The molecule has 0 bridgehead atoms. The van der Waals surface area contributed by atoms with Gasteiger partial charge < -0.3 is 10.0 Å². The fourth-order valence-electron chi connectivity index (χ4n) is 5.01. The average molecular weight is 519 g/mol. The number of rotatable bonds is 6. The summed E-state index contributed by atoms with van der Waals surface area (Å²) in [6.45, 7) is 4.39. The van der Waals surface area contributed by atoms with Gasteiger partial charge in [0, 0.05) is 30.1 Å². The summed E-state index contributed by atoms with van der Waals surface area (Å²) in [4.78, 5) is 38.0. The summed E-state index contributed by atoms with van der Waals surface area (Å²) >= 11 is 1.32. The molecule has 2 aromatic carbocycles. The Hall–Kier alpha value is -3.85. The molecular weight excluding hydrogens is 491 g/mol. The number of halogens is 1. The number of carbonyl (C=O) groups excluding carboxylic acids is 1. The minimum absolute atomic E-state index is 0.187. The maximum Gasteiger partial charge on any atom is 0.271 e. The van der Waals surface area contributed by atoms with Crippen molar-refractivity contribution in [3.8, 4) is 16.7 Å². The number of hydrogen-bond acceptors (Lipinski definition) is 6. The second kappa shape index (κ2) is 10.3. The van der Waals surface area contributed by atoms with Crippen LogP contribution in [0.15, 0.2) is 64.8 Å². The monoisotopic (exact) mass is 518 g/mol. The van der Waals surface area contributed by atoms with E-state index in [1.165, 1.54) is 26.9 Å². The van der Waals surface area contributed by atoms with Crippen LogP contribution in [0.2, 0.25) is 0 Å². The van der Waals surface area contributed by atoms with Crippen molar-refractivity contribution in [1.82, 2.24) is 19.4 Å². The van der Waals surface area contributed by atoms with Crippen LogP contribution in [0.3, 0.4) is 0 Å². The van der Waals surface area contributed by atoms with Crippen molar-refractivity contribution in [2.45, 2.75) is 38.6 Å². The van der Waals surface area contributed by atoms with Gasteiger partial charge in [0.25, 0.3) is 11.5 Å². The van der Waals surface area contributed by atoms with E-state index in [1.807, 2.05) is 49.6 Å². The van der Waals surface area contributed by atoms with Crippen LogP contribution in [0, 0.1) is 12.7 Å². The highest BCUT2D eigenvalue weighted by Crippen LogP contribution is 2.33. The molecule has 1 saturated heterocycles. The second-order valence-corrected chi connectivity index (χ2v) is 10.1. The van der Waals surface area contributed by atoms with Crippen LogP contribution in [0.1, 0.15) is 58.9 Å². The van der Waals surface area contributed by atoms with Gasteiger partial charge in [0.1, 0.15) is 5.82 Å². The second-order valence-electron chi connectivity index (χ2n) is 9.20. The molecule has 9 heteroatoms. The number of thiazole rings is 1. The summed E-state index contributed by atoms with van der Waals surface area (Å²) < 4.78 is 15.8. The number of nitrogens with zero attached hydrogens (tertiary/aromatic N) is 4. The first-order valence-electron chi connectivity index (χ1n) is 12.3. The predicted octanol–water partition coefficient (Wildman–Crippen LogP) is 5.15. The van der Waals surface area contributed by atoms with E-state index in [4.69, 9.17) is 0 Å². The molecule has 1 amide bonds. The zero-order chi connectivity index (χ0) is 26.1. The lowest BCUT2D eigenvalue weighted by Gasteiger charge is -2.23. The summed E-state index contributed by atoms with van der Waals surface area (Å²) in [5.74, 6) is -1.50. The number of amides is 1. The third-order valence-electron chi connectivity index (χ3n) is 6.82. The van der Waals surface area contributed by atoms with Crippen LogP contribution < -0.4 is 5.56 Å². The molecule has 4 aromatic rings. The van der Waals surface area contributed by atoms with Crippen molar-refractivity contribution in [3.05, 3.63) is 98.5 Å². The summed E-state index contributed by atoms with van der Waals surface area (Å²) in [6.07, 6.45) is 1.12. The predicted molar refractivity (Wildman–Crippen MR) is 141 cm³/mol. The van der Waals surface area contributed by atoms with Crippen LogP contribution in [-0.2, 0) is 0 Å². The zero-order valence-electron chi connectivity index (χ0n) is 20.6. The molecule has 3 heterocycles.